The number of rotatable bonds is 7. The molecule has 0 saturated heterocycles. The van der Waals surface area contributed by atoms with E-state index in [1.807, 2.05) is 0 Å². The molecule has 0 aromatic heterocycles. The fourth-order valence-electron chi connectivity index (χ4n) is 4.02. The van der Waals surface area contributed by atoms with Crippen molar-refractivity contribution in [2.45, 2.75) is 89.7 Å². The third-order valence-corrected chi connectivity index (χ3v) is 4.95. The van der Waals surface area contributed by atoms with Crippen molar-refractivity contribution in [2.24, 2.45) is 0 Å². The van der Waals surface area contributed by atoms with E-state index in [0.29, 0.717) is 6.04 Å². The number of nitrogens with one attached hydrogen (secondary N) is 1. The third kappa shape index (κ3) is 3.85. The van der Waals surface area contributed by atoms with Crippen molar-refractivity contribution in [2.75, 3.05) is 13.2 Å². The molecule has 1 saturated carbocycles. The molecular weight excluding hydrogens is 246 g/mol. The van der Waals surface area contributed by atoms with Crippen LogP contribution in [0.3, 0.4) is 0 Å². The lowest BCUT2D eigenvalue weighted by molar-refractivity contribution is -0.0826. The van der Waals surface area contributed by atoms with Gasteiger partial charge in [-0.2, -0.15) is 0 Å². The van der Waals surface area contributed by atoms with Crippen LogP contribution in [-0.2, 0) is 4.74 Å². The predicted molar refractivity (Wildman–Crippen MR) is 86.1 cm³/mol. The molecule has 2 aliphatic rings. The molecule has 0 amide bonds. The summed E-state index contributed by atoms with van der Waals surface area (Å²) in [6.07, 6.45) is 15.5. The first-order chi connectivity index (χ1) is 9.82. The second-order valence-electron chi connectivity index (χ2n) is 6.47. The minimum absolute atomic E-state index is 0.0747. The molecule has 2 aliphatic carbocycles. The van der Waals surface area contributed by atoms with E-state index in [2.05, 4.69) is 25.2 Å². The van der Waals surface area contributed by atoms with Gasteiger partial charge in [0.25, 0.3) is 0 Å². The Morgan fingerprint density at radius 1 is 1.15 bits per heavy atom. The maximum absolute atomic E-state index is 6.38. The van der Waals surface area contributed by atoms with Crippen molar-refractivity contribution in [1.29, 1.82) is 0 Å². The van der Waals surface area contributed by atoms with Crippen LogP contribution in [0.4, 0.5) is 0 Å². The Labute approximate surface area is 125 Å². The maximum Gasteiger partial charge on any atom is 0.0872 e. The van der Waals surface area contributed by atoms with Gasteiger partial charge in [-0.3, -0.25) is 0 Å². The SMILES string of the molecule is CCCNC(C1=CCCCC1)C1(OCC)CCCCC1. The molecule has 0 aromatic rings. The Morgan fingerprint density at radius 2 is 1.95 bits per heavy atom. The fraction of sp³-hybridized carbons (Fsp3) is 0.889. The minimum Gasteiger partial charge on any atom is -0.373 e. The lowest BCUT2D eigenvalue weighted by Crippen LogP contribution is -2.55. The van der Waals surface area contributed by atoms with E-state index in [9.17, 15) is 0 Å². The molecule has 0 spiro atoms. The summed E-state index contributed by atoms with van der Waals surface area (Å²) in [4.78, 5) is 0. The van der Waals surface area contributed by atoms with Crippen LogP contribution in [0.15, 0.2) is 11.6 Å². The van der Waals surface area contributed by atoms with Gasteiger partial charge in [-0.05, 0) is 58.4 Å². The summed E-state index contributed by atoms with van der Waals surface area (Å²) in [6.45, 7) is 6.37. The summed E-state index contributed by atoms with van der Waals surface area (Å²) in [6, 6.07) is 0.461. The van der Waals surface area contributed by atoms with Gasteiger partial charge >= 0.3 is 0 Å². The summed E-state index contributed by atoms with van der Waals surface area (Å²) in [5, 5.41) is 3.84. The largest absolute Gasteiger partial charge is 0.373 e. The Hall–Kier alpha value is -0.340. The van der Waals surface area contributed by atoms with E-state index in [4.69, 9.17) is 4.74 Å². The maximum atomic E-state index is 6.38. The van der Waals surface area contributed by atoms with E-state index in [1.54, 1.807) is 5.57 Å². The van der Waals surface area contributed by atoms with Crippen LogP contribution < -0.4 is 5.32 Å². The quantitative estimate of drug-likeness (QED) is 0.688. The molecule has 2 nitrogen and oxygen atoms in total. The molecule has 0 bridgehead atoms. The zero-order valence-corrected chi connectivity index (χ0v) is 13.5. The van der Waals surface area contributed by atoms with Gasteiger partial charge in [0.05, 0.1) is 11.6 Å². The third-order valence-electron chi connectivity index (χ3n) is 4.95. The predicted octanol–water partition coefficient (Wildman–Crippen LogP) is 4.59. The average molecular weight is 279 g/mol. The van der Waals surface area contributed by atoms with Crippen LogP contribution in [0, 0.1) is 0 Å². The van der Waals surface area contributed by atoms with Gasteiger partial charge in [-0.25, -0.2) is 0 Å². The molecule has 0 aliphatic heterocycles. The van der Waals surface area contributed by atoms with Crippen molar-refractivity contribution in [3.8, 4) is 0 Å². The molecule has 1 N–H and O–H groups in total. The van der Waals surface area contributed by atoms with Crippen molar-refractivity contribution in [3.05, 3.63) is 11.6 Å². The highest BCUT2D eigenvalue weighted by Gasteiger charge is 2.42. The summed E-state index contributed by atoms with van der Waals surface area (Å²) in [7, 11) is 0. The van der Waals surface area contributed by atoms with E-state index >= 15 is 0 Å². The molecule has 116 valence electrons. The highest BCUT2D eigenvalue weighted by atomic mass is 16.5. The van der Waals surface area contributed by atoms with E-state index in [1.165, 1.54) is 64.2 Å². The first-order valence-corrected chi connectivity index (χ1v) is 8.88. The molecule has 20 heavy (non-hydrogen) atoms. The first-order valence-electron chi connectivity index (χ1n) is 8.88. The summed E-state index contributed by atoms with van der Waals surface area (Å²) >= 11 is 0. The molecule has 2 rings (SSSR count). The summed E-state index contributed by atoms with van der Waals surface area (Å²) in [5.41, 5.74) is 1.71. The van der Waals surface area contributed by atoms with Gasteiger partial charge in [0.15, 0.2) is 0 Å². The van der Waals surface area contributed by atoms with Gasteiger partial charge < -0.3 is 10.1 Å². The zero-order valence-electron chi connectivity index (χ0n) is 13.5. The van der Waals surface area contributed by atoms with Crippen molar-refractivity contribution >= 4 is 0 Å². The number of ether oxygens (including phenoxy) is 1. The lowest BCUT2D eigenvalue weighted by Gasteiger charge is -2.45. The van der Waals surface area contributed by atoms with Crippen LogP contribution >= 0.6 is 0 Å². The van der Waals surface area contributed by atoms with Gasteiger partial charge in [-0.15, -0.1) is 0 Å². The lowest BCUT2D eigenvalue weighted by atomic mass is 9.74. The molecule has 1 atom stereocenters. The van der Waals surface area contributed by atoms with Gasteiger partial charge in [0.2, 0.25) is 0 Å². The zero-order chi connectivity index (χ0) is 14.3. The molecule has 1 unspecified atom stereocenters. The topological polar surface area (TPSA) is 21.3 Å². The van der Waals surface area contributed by atoms with Crippen LogP contribution in [0.2, 0.25) is 0 Å². The summed E-state index contributed by atoms with van der Waals surface area (Å²) in [5.74, 6) is 0. The second-order valence-corrected chi connectivity index (χ2v) is 6.47. The second kappa shape index (κ2) is 8.19. The first kappa shape index (κ1) is 16.0. The molecule has 1 fully saturated rings. The smallest absolute Gasteiger partial charge is 0.0872 e. The highest BCUT2D eigenvalue weighted by molar-refractivity contribution is 5.20. The van der Waals surface area contributed by atoms with E-state index in [0.717, 1.165) is 13.2 Å². The van der Waals surface area contributed by atoms with Crippen LogP contribution in [0.1, 0.15) is 78.1 Å². The Bertz CT molecular complexity index is 299. The van der Waals surface area contributed by atoms with E-state index < -0.39 is 0 Å². The summed E-state index contributed by atoms with van der Waals surface area (Å²) < 4.78 is 6.38. The van der Waals surface area contributed by atoms with Crippen LogP contribution in [0.25, 0.3) is 0 Å². The molecule has 0 heterocycles. The Balaban J connectivity index is 2.18. The number of hydrogen-bond acceptors (Lipinski definition) is 2. The van der Waals surface area contributed by atoms with E-state index in [-0.39, 0.29) is 5.60 Å². The van der Waals surface area contributed by atoms with Gasteiger partial charge in [0.1, 0.15) is 0 Å². The van der Waals surface area contributed by atoms with Crippen molar-refractivity contribution in [3.63, 3.8) is 0 Å². The molecule has 2 heteroatoms. The fourth-order valence-corrected chi connectivity index (χ4v) is 4.02. The number of allylic oxidation sites excluding steroid dienone is 1. The van der Waals surface area contributed by atoms with Crippen LogP contribution in [-0.4, -0.2) is 24.8 Å². The standard InChI is InChI=1S/C18H33NO/c1-3-15-19-17(16-11-7-5-8-12-16)18(20-4-2)13-9-6-10-14-18/h11,17,19H,3-10,12-15H2,1-2H3. The molecular formula is C18H33NO. The van der Waals surface area contributed by atoms with Gasteiger partial charge in [0, 0.05) is 6.61 Å². The average Bonchev–Trinajstić information content (AvgIpc) is 2.50. The van der Waals surface area contributed by atoms with Crippen molar-refractivity contribution < 1.29 is 4.74 Å². The Kier molecular flexibility index (Phi) is 6.57. The highest BCUT2D eigenvalue weighted by Crippen LogP contribution is 2.39. The van der Waals surface area contributed by atoms with Crippen LogP contribution in [0.5, 0.6) is 0 Å². The minimum atomic E-state index is 0.0747. The number of hydrogen-bond donors (Lipinski definition) is 1. The monoisotopic (exact) mass is 279 g/mol. The van der Waals surface area contributed by atoms with Gasteiger partial charge in [-0.1, -0.05) is 37.8 Å². The van der Waals surface area contributed by atoms with Crippen molar-refractivity contribution in [1.82, 2.24) is 5.32 Å². The Morgan fingerprint density at radius 3 is 2.55 bits per heavy atom. The molecule has 0 radical (unpaired) electrons. The molecule has 0 aromatic carbocycles. The normalized spacial score (nSPS) is 24.2.